The first kappa shape index (κ1) is 14.7. The van der Waals surface area contributed by atoms with Gasteiger partial charge in [0.15, 0.2) is 11.5 Å². The van der Waals surface area contributed by atoms with E-state index < -0.39 is 0 Å². The minimum absolute atomic E-state index is 0.0688. The number of nitrogens with one attached hydrogen (secondary N) is 1. The van der Waals surface area contributed by atoms with E-state index >= 15 is 0 Å². The predicted octanol–water partition coefficient (Wildman–Crippen LogP) is 2.38. The highest BCUT2D eigenvalue weighted by Gasteiger charge is 2.31. The molecular formula is C17H26N2O2. The van der Waals surface area contributed by atoms with E-state index in [1.807, 2.05) is 0 Å². The molecule has 4 nitrogen and oxygen atoms in total. The third kappa shape index (κ3) is 3.01. The molecule has 1 aromatic carbocycles. The Kier molecular flexibility index (Phi) is 4.09. The summed E-state index contributed by atoms with van der Waals surface area (Å²) in [7, 11) is 3.85. The number of likely N-dealkylation sites (tertiary alicyclic amines) is 1. The Morgan fingerprint density at radius 2 is 2.19 bits per heavy atom. The van der Waals surface area contributed by atoms with Crippen molar-refractivity contribution >= 4 is 0 Å². The van der Waals surface area contributed by atoms with Crippen LogP contribution in [0.5, 0.6) is 11.5 Å². The average molecular weight is 290 g/mol. The van der Waals surface area contributed by atoms with E-state index in [-0.39, 0.29) is 11.6 Å². The number of nitrogens with zero attached hydrogens (tertiary/aromatic N) is 1. The molecule has 2 fully saturated rings. The lowest BCUT2D eigenvalue weighted by atomic mass is 9.90. The van der Waals surface area contributed by atoms with Crippen molar-refractivity contribution in [1.82, 2.24) is 10.2 Å². The molecule has 2 atom stereocenters. The van der Waals surface area contributed by atoms with Crippen LogP contribution in [0.25, 0.3) is 0 Å². The predicted molar refractivity (Wildman–Crippen MR) is 84.1 cm³/mol. The van der Waals surface area contributed by atoms with Gasteiger partial charge in [0.25, 0.3) is 0 Å². The van der Waals surface area contributed by atoms with E-state index in [4.69, 9.17) is 9.47 Å². The number of hydrogen-bond donors (Lipinski definition) is 1. The number of ether oxygens (including phenoxy) is 2. The quantitative estimate of drug-likeness (QED) is 0.923. The fraction of sp³-hybridized carbons (Fsp3) is 0.647. The highest BCUT2D eigenvalue weighted by Crippen LogP contribution is 2.37. The van der Waals surface area contributed by atoms with Gasteiger partial charge in [0.1, 0.15) is 6.10 Å². The van der Waals surface area contributed by atoms with E-state index in [0.29, 0.717) is 0 Å². The van der Waals surface area contributed by atoms with E-state index in [1.165, 1.54) is 18.4 Å². The van der Waals surface area contributed by atoms with E-state index in [2.05, 4.69) is 42.4 Å². The Morgan fingerprint density at radius 1 is 1.33 bits per heavy atom. The van der Waals surface area contributed by atoms with Gasteiger partial charge in [-0.1, -0.05) is 6.07 Å². The van der Waals surface area contributed by atoms with Crippen LogP contribution >= 0.6 is 0 Å². The lowest BCUT2D eigenvalue weighted by molar-refractivity contribution is 0.199. The molecule has 2 aliphatic rings. The van der Waals surface area contributed by atoms with Gasteiger partial charge < -0.3 is 19.7 Å². The van der Waals surface area contributed by atoms with Gasteiger partial charge >= 0.3 is 0 Å². The normalized spacial score (nSPS) is 29.8. The second-order valence-electron chi connectivity index (χ2n) is 6.52. The Hall–Kier alpha value is -1.26. The minimum Gasteiger partial charge on any atom is -0.493 e. The largest absolute Gasteiger partial charge is 0.493 e. The summed E-state index contributed by atoms with van der Waals surface area (Å²) < 4.78 is 11.7. The molecule has 0 aromatic heterocycles. The molecule has 116 valence electrons. The van der Waals surface area contributed by atoms with E-state index in [0.717, 1.165) is 37.6 Å². The van der Waals surface area contributed by atoms with Crippen LogP contribution in [0.4, 0.5) is 0 Å². The molecule has 0 radical (unpaired) electrons. The zero-order chi connectivity index (χ0) is 14.9. The molecule has 0 saturated carbocycles. The molecule has 1 aromatic rings. The molecule has 4 heteroatoms. The molecule has 2 unspecified atom stereocenters. The van der Waals surface area contributed by atoms with Crippen LogP contribution in [0, 0.1) is 0 Å². The summed E-state index contributed by atoms with van der Waals surface area (Å²) in [5.74, 6) is 1.71. The SMILES string of the molecule is COc1cc(C2(C)CCCN2)ccc1OC1CCN(C)C1. The third-order valence-corrected chi connectivity index (χ3v) is 4.81. The molecule has 2 saturated heterocycles. The zero-order valence-corrected chi connectivity index (χ0v) is 13.3. The molecule has 0 aliphatic carbocycles. The van der Waals surface area contributed by atoms with Gasteiger partial charge in [0.05, 0.1) is 7.11 Å². The van der Waals surface area contributed by atoms with Gasteiger partial charge in [-0.25, -0.2) is 0 Å². The Bertz CT molecular complexity index is 498. The van der Waals surface area contributed by atoms with Crippen molar-refractivity contribution in [3.63, 3.8) is 0 Å². The molecule has 2 aliphatic heterocycles. The van der Waals surface area contributed by atoms with Crippen molar-refractivity contribution in [3.8, 4) is 11.5 Å². The third-order valence-electron chi connectivity index (χ3n) is 4.81. The van der Waals surface area contributed by atoms with Crippen LogP contribution in [-0.4, -0.2) is 44.8 Å². The van der Waals surface area contributed by atoms with Crippen molar-refractivity contribution in [3.05, 3.63) is 23.8 Å². The summed E-state index contributed by atoms with van der Waals surface area (Å²) in [6, 6.07) is 6.37. The Labute approximate surface area is 127 Å². The highest BCUT2D eigenvalue weighted by molar-refractivity contribution is 5.45. The van der Waals surface area contributed by atoms with Crippen molar-refractivity contribution in [2.24, 2.45) is 0 Å². The maximum atomic E-state index is 6.13. The first-order valence-electron chi connectivity index (χ1n) is 7.89. The lowest BCUT2D eigenvalue weighted by Gasteiger charge is -2.26. The summed E-state index contributed by atoms with van der Waals surface area (Å²) in [5, 5.41) is 3.60. The summed E-state index contributed by atoms with van der Waals surface area (Å²) >= 11 is 0. The van der Waals surface area contributed by atoms with Crippen molar-refractivity contribution in [2.45, 2.75) is 37.8 Å². The topological polar surface area (TPSA) is 33.7 Å². The van der Waals surface area contributed by atoms with Crippen LogP contribution in [0.1, 0.15) is 31.7 Å². The average Bonchev–Trinajstić information content (AvgIpc) is 3.09. The molecule has 1 N–H and O–H groups in total. The van der Waals surface area contributed by atoms with Crippen molar-refractivity contribution in [2.75, 3.05) is 33.8 Å². The Morgan fingerprint density at radius 3 is 2.81 bits per heavy atom. The molecular weight excluding hydrogens is 264 g/mol. The van der Waals surface area contributed by atoms with Crippen molar-refractivity contribution in [1.29, 1.82) is 0 Å². The van der Waals surface area contributed by atoms with Crippen molar-refractivity contribution < 1.29 is 9.47 Å². The number of benzene rings is 1. The smallest absolute Gasteiger partial charge is 0.161 e. The van der Waals surface area contributed by atoms with E-state index in [9.17, 15) is 0 Å². The molecule has 21 heavy (non-hydrogen) atoms. The van der Waals surface area contributed by atoms with Gasteiger partial charge in [-0.05, 0) is 57.5 Å². The van der Waals surface area contributed by atoms with Crippen LogP contribution in [0.3, 0.4) is 0 Å². The van der Waals surface area contributed by atoms with Gasteiger partial charge in [0, 0.05) is 18.6 Å². The van der Waals surface area contributed by atoms with Crippen LogP contribution in [-0.2, 0) is 5.54 Å². The molecule has 0 bridgehead atoms. The van der Waals surface area contributed by atoms with Gasteiger partial charge in [0.2, 0.25) is 0 Å². The zero-order valence-electron chi connectivity index (χ0n) is 13.3. The van der Waals surface area contributed by atoms with E-state index in [1.54, 1.807) is 7.11 Å². The molecule has 3 rings (SSSR count). The first-order valence-corrected chi connectivity index (χ1v) is 7.89. The highest BCUT2D eigenvalue weighted by atomic mass is 16.5. The second-order valence-corrected chi connectivity index (χ2v) is 6.52. The van der Waals surface area contributed by atoms with Crippen LogP contribution in [0.2, 0.25) is 0 Å². The monoisotopic (exact) mass is 290 g/mol. The molecule has 0 spiro atoms. The number of hydrogen-bond acceptors (Lipinski definition) is 4. The lowest BCUT2D eigenvalue weighted by Crippen LogP contribution is -2.33. The summed E-state index contributed by atoms with van der Waals surface area (Å²) in [5.41, 5.74) is 1.35. The second kappa shape index (κ2) is 5.85. The van der Waals surface area contributed by atoms with Gasteiger partial charge in [-0.2, -0.15) is 0 Å². The summed E-state index contributed by atoms with van der Waals surface area (Å²) in [4.78, 5) is 2.30. The van der Waals surface area contributed by atoms with Crippen LogP contribution < -0.4 is 14.8 Å². The summed E-state index contributed by atoms with van der Waals surface area (Å²) in [6.45, 7) is 5.45. The number of rotatable bonds is 4. The molecule has 0 amide bonds. The van der Waals surface area contributed by atoms with Gasteiger partial charge in [-0.15, -0.1) is 0 Å². The standard InChI is InChI=1S/C17H26N2O2/c1-17(8-4-9-18-17)13-5-6-15(16(11-13)20-3)21-14-7-10-19(2)12-14/h5-6,11,14,18H,4,7-10,12H2,1-3H3. The number of likely N-dealkylation sites (N-methyl/N-ethyl adjacent to an activating group) is 1. The fourth-order valence-corrected chi connectivity index (χ4v) is 3.42. The summed E-state index contributed by atoms with van der Waals surface area (Å²) in [6.07, 6.45) is 3.76. The maximum absolute atomic E-state index is 6.13. The Balaban J connectivity index is 1.79. The number of methoxy groups -OCH3 is 1. The first-order chi connectivity index (χ1) is 10.1. The van der Waals surface area contributed by atoms with Crippen LogP contribution in [0.15, 0.2) is 18.2 Å². The maximum Gasteiger partial charge on any atom is 0.161 e. The van der Waals surface area contributed by atoms with Gasteiger partial charge in [-0.3, -0.25) is 0 Å². The molecule has 2 heterocycles. The fourth-order valence-electron chi connectivity index (χ4n) is 3.42. The minimum atomic E-state index is 0.0688.